The lowest BCUT2D eigenvalue weighted by atomic mass is 10.0. The first kappa shape index (κ1) is 28.9. The van der Waals surface area contributed by atoms with Gasteiger partial charge in [-0.3, -0.25) is 4.79 Å². The van der Waals surface area contributed by atoms with Crippen molar-refractivity contribution < 1.29 is 32.6 Å². The van der Waals surface area contributed by atoms with E-state index in [1.165, 1.54) is 23.5 Å². The standard InChI is InChI=1S/C24H39N3O7S/c1-16(2)13-20(26-23(30)34-24(3,4)5)22(29)25-19-11-8-12-27(15-21(19)28)35(31,32)18-10-7-9-17(14-18)33-6/h7,9-10,14,16,19-21,28H,8,11-13,15H2,1-6H3,(H,25,29)(H,26,30)/t19?,20-,21?/m0/s1. The summed E-state index contributed by atoms with van der Waals surface area (Å²) < 4.78 is 37.9. The third-order valence-electron chi connectivity index (χ3n) is 5.50. The van der Waals surface area contributed by atoms with Gasteiger partial charge in [0.05, 0.1) is 24.2 Å². The zero-order chi connectivity index (χ0) is 26.4. The van der Waals surface area contributed by atoms with Crippen LogP contribution in [0.5, 0.6) is 5.75 Å². The van der Waals surface area contributed by atoms with Gasteiger partial charge in [0, 0.05) is 19.2 Å². The Morgan fingerprint density at radius 3 is 2.54 bits per heavy atom. The summed E-state index contributed by atoms with van der Waals surface area (Å²) in [6.07, 6.45) is -0.611. The SMILES string of the molecule is COc1cccc(S(=O)(=O)N2CCCC(NC(=O)[C@H](CC(C)C)NC(=O)OC(C)(C)C)C(O)C2)c1. The van der Waals surface area contributed by atoms with Crippen molar-refractivity contribution in [3.63, 3.8) is 0 Å². The van der Waals surface area contributed by atoms with Crippen LogP contribution in [-0.4, -0.2) is 73.8 Å². The molecule has 2 unspecified atom stereocenters. The lowest BCUT2D eigenvalue weighted by Gasteiger charge is -2.28. The van der Waals surface area contributed by atoms with Gasteiger partial charge >= 0.3 is 6.09 Å². The third kappa shape index (κ3) is 8.66. The molecule has 3 N–H and O–H groups in total. The number of methoxy groups -OCH3 is 1. The summed E-state index contributed by atoms with van der Waals surface area (Å²) in [4.78, 5) is 25.4. The van der Waals surface area contributed by atoms with Gasteiger partial charge in [0.25, 0.3) is 0 Å². The average Bonchev–Trinajstić information content (AvgIpc) is 2.93. The first-order chi connectivity index (χ1) is 16.2. The summed E-state index contributed by atoms with van der Waals surface area (Å²) in [7, 11) is -2.40. The maximum Gasteiger partial charge on any atom is 0.408 e. The highest BCUT2D eigenvalue weighted by Gasteiger charge is 2.35. The minimum atomic E-state index is -3.86. The molecular weight excluding hydrogens is 474 g/mol. The quantitative estimate of drug-likeness (QED) is 0.485. The van der Waals surface area contributed by atoms with E-state index in [4.69, 9.17) is 9.47 Å². The van der Waals surface area contributed by atoms with Crippen LogP contribution in [0.15, 0.2) is 29.2 Å². The number of hydrogen-bond acceptors (Lipinski definition) is 7. The molecule has 2 rings (SSSR count). The Morgan fingerprint density at radius 1 is 1.26 bits per heavy atom. The molecule has 2 amide bonds. The monoisotopic (exact) mass is 513 g/mol. The van der Waals surface area contributed by atoms with Crippen LogP contribution in [0.2, 0.25) is 0 Å². The summed E-state index contributed by atoms with van der Waals surface area (Å²) in [5.74, 6) is 0.0845. The van der Waals surface area contributed by atoms with E-state index in [9.17, 15) is 23.1 Å². The molecule has 1 aliphatic heterocycles. The number of carbonyl (C=O) groups is 2. The summed E-state index contributed by atoms with van der Waals surface area (Å²) in [5, 5.41) is 16.2. The van der Waals surface area contributed by atoms with E-state index < -0.39 is 45.8 Å². The van der Waals surface area contributed by atoms with Crippen LogP contribution >= 0.6 is 0 Å². The number of rotatable bonds is 8. The molecule has 1 aromatic carbocycles. The molecule has 0 aromatic heterocycles. The first-order valence-electron chi connectivity index (χ1n) is 11.8. The van der Waals surface area contributed by atoms with Crippen molar-refractivity contribution in [2.24, 2.45) is 5.92 Å². The molecule has 1 heterocycles. The van der Waals surface area contributed by atoms with E-state index in [2.05, 4.69) is 10.6 Å². The van der Waals surface area contributed by atoms with Crippen molar-refractivity contribution >= 4 is 22.0 Å². The summed E-state index contributed by atoms with van der Waals surface area (Å²) >= 11 is 0. The number of nitrogens with one attached hydrogen (secondary N) is 2. The molecule has 1 aliphatic rings. The summed E-state index contributed by atoms with van der Waals surface area (Å²) in [6, 6.07) is 4.65. The fourth-order valence-corrected chi connectivity index (χ4v) is 5.37. The van der Waals surface area contributed by atoms with Crippen LogP contribution in [0.25, 0.3) is 0 Å². The van der Waals surface area contributed by atoms with Crippen LogP contribution < -0.4 is 15.4 Å². The third-order valence-corrected chi connectivity index (χ3v) is 7.36. The maximum absolute atomic E-state index is 13.2. The summed E-state index contributed by atoms with van der Waals surface area (Å²) in [6.45, 7) is 9.09. The number of sulfonamides is 1. The van der Waals surface area contributed by atoms with Gasteiger partial charge in [-0.15, -0.1) is 0 Å². The van der Waals surface area contributed by atoms with Crippen molar-refractivity contribution in [1.29, 1.82) is 0 Å². The van der Waals surface area contributed by atoms with Crippen LogP contribution in [0, 0.1) is 5.92 Å². The molecular formula is C24H39N3O7S. The predicted octanol–water partition coefficient (Wildman–Crippen LogP) is 2.26. The zero-order valence-corrected chi connectivity index (χ0v) is 22.2. The number of β-amino-alcohol motifs (C(OH)–C–C–N with tert-alkyl or cyclic N) is 1. The molecule has 0 saturated carbocycles. The molecule has 11 heteroatoms. The molecule has 1 aromatic rings. The smallest absolute Gasteiger partial charge is 0.408 e. The molecule has 0 radical (unpaired) electrons. The van der Waals surface area contributed by atoms with Crippen molar-refractivity contribution in [1.82, 2.24) is 14.9 Å². The molecule has 0 spiro atoms. The lowest BCUT2D eigenvalue weighted by molar-refractivity contribution is -0.125. The Hall–Kier alpha value is -2.37. The van der Waals surface area contributed by atoms with E-state index in [0.717, 1.165) is 0 Å². The van der Waals surface area contributed by atoms with Crippen LogP contribution in [0.4, 0.5) is 4.79 Å². The molecule has 1 fully saturated rings. The molecule has 198 valence electrons. The molecule has 0 aliphatic carbocycles. The number of benzene rings is 1. The van der Waals surface area contributed by atoms with E-state index in [-0.39, 0.29) is 23.9 Å². The number of carbonyl (C=O) groups excluding carboxylic acids is 2. The number of amides is 2. The normalized spacial score (nSPS) is 20.6. The van der Waals surface area contributed by atoms with Gasteiger partial charge in [-0.2, -0.15) is 4.31 Å². The van der Waals surface area contributed by atoms with E-state index in [0.29, 0.717) is 25.0 Å². The highest BCUT2D eigenvalue weighted by molar-refractivity contribution is 7.89. The second-order valence-electron chi connectivity index (χ2n) is 10.2. The number of aliphatic hydroxyl groups excluding tert-OH is 1. The lowest BCUT2D eigenvalue weighted by Crippen LogP contribution is -2.54. The van der Waals surface area contributed by atoms with Gasteiger partial charge < -0.3 is 25.2 Å². The fraction of sp³-hybridized carbons (Fsp3) is 0.667. The van der Waals surface area contributed by atoms with Crippen LogP contribution in [0.1, 0.15) is 53.9 Å². The zero-order valence-electron chi connectivity index (χ0n) is 21.4. The largest absolute Gasteiger partial charge is 0.497 e. The maximum atomic E-state index is 13.2. The topological polar surface area (TPSA) is 134 Å². The number of ether oxygens (including phenoxy) is 2. The van der Waals surface area contributed by atoms with Crippen molar-refractivity contribution in [2.45, 2.75) is 82.6 Å². The second kappa shape index (κ2) is 12.0. The molecule has 1 saturated heterocycles. The minimum Gasteiger partial charge on any atom is -0.497 e. The highest BCUT2D eigenvalue weighted by Crippen LogP contribution is 2.24. The number of nitrogens with zero attached hydrogens (tertiary/aromatic N) is 1. The van der Waals surface area contributed by atoms with Gasteiger partial charge in [-0.05, 0) is 58.1 Å². The number of hydrogen-bond donors (Lipinski definition) is 3. The van der Waals surface area contributed by atoms with Gasteiger partial charge in [0.15, 0.2) is 0 Å². The molecule has 35 heavy (non-hydrogen) atoms. The van der Waals surface area contributed by atoms with E-state index >= 15 is 0 Å². The Morgan fingerprint density at radius 2 is 1.94 bits per heavy atom. The fourth-order valence-electron chi connectivity index (χ4n) is 3.84. The first-order valence-corrected chi connectivity index (χ1v) is 13.3. The van der Waals surface area contributed by atoms with Crippen molar-refractivity contribution in [2.75, 3.05) is 20.2 Å². The number of alkyl carbamates (subject to hydrolysis) is 1. The van der Waals surface area contributed by atoms with Crippen molar-refractivity contribution in [3.05, 3.63) is 24.3 Å². The Labute approximate surface area is 208 Å². The van der Waals surface area contributed by atoms with Crippen LogP contribution in [-0.2, 0) is 19.6 Å². The molecule has 3 atom stereocenters. The van der Waals surface area contributed by atoms with Gasteiger partial charge in [-0.25, -0.2) is 13.2 Å². The predicted molar refractivity (Wildman–Crippen MR) is 132 cm³/mol. The van der Waals surface area contributed by atoms with Gasteiger partial charge in [0.1, 0.15) is 17.4 Å². The summed E-state index contributed by atoms with van der Waals surface area (Å²) in [5.41, 5.74) is -0.710. The second-order valence-corrected chi connectivity index (χ2v) is 12.1. The minimum absolute atomic E-state index is 0.0742. The average molecular weight is 514 g/mol. The number of aliphatic hydroxyl groups is 1. The molecule has 0 bridgehead atoms. The van der Waals surface area contributed by atoms with E-state index in [1.807, 2.05) is 13.8 Å². The Balaban J connectivity index is 2.10. The Kier molecular flexibility index (Phi) is 9.94. The van der Waals surface area contributed by atoms with Crippen LogP contribution in [0.3, 0.4) is 0 Å². The highest BCUT2D eigenvalue weighted by atomic mass is 32.2. The van der Waals surface area contributed by atoms with E-state index in [1.54, 1.807) is 32.9 Å². The van der Waals surface area contributed by atoms with Gasteiger partial charge in [0.2, 0.25) is 15.9 Å². The van der Waals surface area contributed by atoms with Crippen molar-refractivity contribution in [3.8, 4) is 5.75 Å². The Bertz CT molecular complexity index is 976. The van der Waals surface area contributed by atoms with Gasteiger partial charge in [-0.1, -0.05) is 19.9 Å². The molecule has 10 nitrogen and oxygen atoms in total.